The Labute approximate surface area is 136 Å². The third-order valence-corrected chi connectivity index (χ3v) is 4.10. The zero-order chi connectivity index (χ0) is 16.7. The number of ether oxygens (including phenoxy) is 1. The monoisotopic (exact) mass is 320 g/mol. The first-order valence-electron chi connectivity index (χ1n) is 7.38. The molecule has 0 spiro atoms. The molecule has 1 unspecified atom stereocenters. The van der Waals surface area contributed by atoms with Crippen LogP contribution in [-0.2, 0) is 0 Å². The number of nitrogens with zero attached hydrogens (tertiary/aromatic N) is 1. The fraction of sp³-hybridized carbons (Fsp3) is 0.0556. The van der Waals surface area contributed by atoms with E-state index in [0.717, 1.165) is 16.3 Å². The van der Waals surface area contributed by atoms with Crippen molar-refractivity contribution in [3.05, 3.63) is 81.9 Å². The van der Waals surface area contributed by atoms with Crippen LogP contribution >= 0.6 is 0 Å². The molecule has 1 heterocycles. The lowest BCUT2D eigenvalue weighted by molar-refractivity contribution is -0.384. The molecule has 24 heavy (non-hydrogen) atoms. The first-order valence-corrected chi connectivity index (χ1v) is 7.38. The number of hydrogen-bond acceptors (Lipinski definition) is 4. The standard InChI is InChI=1S/C18H12N2O4/c21-18-19-17(12-5-3-6-13(10-12)20(22)23)16-14-7-2-1-4-11(14)8-9-15(16)24-18/h1-10,17H,(H,19,21). The van der Waals surface area contributed by atoms with Gasteiger partial charge in [0.25, 0.3) is 5.69 Å². The summed E-state index contributed by atoms with van der Waals surface area (Å²) in [6.07, 6.45) is -0.575. The Balaban J connectivity index is 1.95. The van der Waals surface area contributed by atoms with E-state index in [-0.39, 0.29) is 5.69 Å². The number of non-ortho nitro benzene ring substituents is 1. The molecule has 3 aromatic rings. The molecule has 1 N–H and O–H groups in total. The van der Waals surface area contributed by atoms with Gasteiger partial charge in [-0.15, -0.1) is 0 Å². The molecule has 0 radical (unpaired) electrons. The molecule has 0 fully saturated rings. The number of carbonyl (C=O) groups excluding carboxylic acids is 1. The van der Waals surface area contributed by atoms with Gasteiger partial charge < -0.3 is 10.1 Å². The quantitative estimate of drug-likeness (QED) is 0.573. The minimum absolute atomic E-state index is 0.0185. The Morgan fingerprint density at radius 1 is 1.04 bits per heavy atom. The third-order valence-electron chi connectivity index (χ3n) is 4.10. The normalized spacial score (nSPS) is 16.2. The largest absolute Gasteiger partial charge is 0.413 e. The van der Waals surface area contributed by atoms with Crippen molar-refractivity contribution < 1.29 is 14.5 Å². The lowest BCUT2D eigenvalue weighted by Crippen LogP contribution is -2.36. The van der Waals surface area contributed by atoms with Gasteiger partial charge in [0.15, 0.2) is 0 Å². The Hall–Kier alpha value is -3.41. The molecule has 118 valence electrons. The van der Waals surface area contributed by atoms with Gasteiger partial charge in [0, 0.05) is 17.7 Å². The zero-order valence-corrected chi connectivity index (χ0v) is 12.4. The van der Waals surface area contributed by atoms with Gasteiger partial charge in [-0.2, -0.15) is 0 Å². The Kier molecular flexibility index (Phi) is 3.16. The lowest BCUT2D eigenvalue weighted by Gasteiger charge is -2.27. The van der Waals surface area contributed by atoms with Gasteiger partial charge >= 0.3 is 6.09 Å². The molecular weight excluding hydrogens is 308 g/mol. The number of carbonyl (C=O) groups is 1. The number of nitro groups is 1. The number of nitrogens with one attached hydrogen (secondary N) is 1. The third kappa shape index (κ3) is 2.25. The highest BCUT2D eigenvalue weighted by atomic mass is 16.6. The van der Waals surface area contributed by atoms with Crippen molar-refractivity contribution in [1.29, 1.82) is 0 Å². The maximum absolute atomic E-state index is 11.9. The van der Waals surface area contributed by atoms with Crippen LogP contribution in [0.5, 0.6) is 5.75 Å². The molecule has 1 aliphatic rings. The molecule has 1 aliphatic heterocycles. The maximum Gasteiger partial charge on any atom is 0.413 e. The zero-order valence-electron chi connectivity index (χ0n) is 12.4. The van der Waals surface area contributed by atoms with Gasteiger partial charge in [-0.3, -0.25) is 10.1 Å². The van der Waals surface area contributed by atoms with E-state index in [1.807, 2.05) is 30.3 Å². The number of fused-ring (bicyclic) bond motifs is 3. The molecule has 0 saturated carbocycles. The van der Waals surface area contributed by atoms with Gasteiger partial charge in [-0.05, 0) is 22.4 Å². The summed E-state index contributed by atoms with van der Waals surface area (Å²) >= 11 is 0. The molecular formula is C18H12N2O4. The Morgan fingerprint density at radius 3 is 2.71 bits per heavy atom. The van der Waals surface area contributed by atoms with E-state index in [9.17, 15) is 14.9 Å². The van der Waals surface area contributed by atoms with Crippen molar-refractivity contribution in [3.63, 3.8) is 0 Å². The molecule has 4 rings (SSSR count). The highest BCUT2D eigenvalue weighted by molar-refractivity contribution is 5.91. The number of amides is 1. The van der Waals surface area contributed by atoms with Crippen molar-refractivity contribution in [2.24, 2.45) is 0 Å². The van der Waals surface area contributed by atoms with Gasteiger partial charge in [-0.1, -0.05) is 42.5 Å². The molecule has 0 aliphatic carbocycles. The first kappa shape index (κ1) is 14.2. The van der Waals surface area contributed by atoms with Crippen molar-refractivity contribution in [2.45, 2.75) is 6.04 Å². The maximum atomic E-state index is 11.9. The van der Waals surface area contributed by atoms with Gasteiger partial charge in [-0.25, -0.2) is 4.79 Å². The van der Waals surface area contributed by atoms with Crippen LogP contribution in [0.4, 0.5) is 10.5 Å². The van der Waals surface area contributed by atoms with E-state index < -0.39 is 17.1 Å². The number of rotatable bonds is 2. The molecule has 6 heteroatoms. The van der Waals surface area contributed by atoms with E-state index in [2.05, 4.69) is 5.32 Å². The van der Waals surface area contributed by atoms with Crippen LogP contribution in [0, 0.1) is 10.1 Å². The summed E-state index contributed by atoms with van der Waals surface area (Å²) < 4.78 is 5.29. The van der Waals surface area contributed by atoms with Crippen LogP contribution in [0.1, 0.15) is 17.2 Å². The fourth-order valence-corrected chi connectivity index (χ4v) is 3.05. The average Bonchev–Trinajstić information content (AvgIpc) is 2.60. The minimum atomic E-state index is -0.575. The second-order valence-corrected chi connectivity index (χ2v) is 5.52. The molecule has 1 amide bonds. The van der Waals surface area contributed by atoms with Crippen molar-refractivity contribution in [1.82, 2.24) is 5.32 Å². The van der Waals surface area contributed by atoms with E-state index in [4.69, 9.17) is 4.74 Å². The minimum Gasteiger partial charge on any atom is -0.410 e. The fourth-order valence-electron chi connectivity index (χ4n) is 3.05. The summed E-state index contributed by atoms with van der Waals surface area (Å²) in [6, 6.07) is 17.1. The van der Waals surface area contributed by atoms with E-state index in [0.29, 0.717) is 11.3 Å². The van der Waals surface area contributed by atoms with Crippen LogP contribution in [0.2, 0.25) is 0 Å². The van der Waals surface area contributed by atoms with Crippen molar-refractivity contribution in [2.75, 3.05) is 0 Å². The highest BCUT2D eigenvalue weighted by Crippen LogP contribution is 2.39. The summed E-state index contributed by atoms with van der Waals surface area (Å²) in [5.41, 5.74) is 1.42. The van der Waals surface area contributed by atoms with Gasteiger partial charge in [0.2, 0.25) is 0 Å². The second kappa shape index (κ2) is 5.34. The molecule has 0 saturated heterocycles. The summed E-state index contributed by atoms with van der Waals surface area (Å²) in [5.74, 6) is 0.467. The predicted octanol–water partition coefficient (Wildman–Crippen LogP) is 3.94. The molecule has 3 aromatic carbocycles. The topological polar surface area (TPSA) is 81.5 Å². The first-order chi connectivity index (χ1) is 11.6. The second-order valence-electron chi connectivity index (χ2n) is 5.52. The number of nitro benzene ring substituents is 1. The molecule has 0 aromatic heterocycles. The summed E-state index contributed by atoms with van der Waals surface area (Å²) in [7, 11) is 0. The predicted molar refractivity (Wildman–Crippen MR) is 88.0 cm³/mol. The average molecular weight is 320 g/mol. The molecule has 0 bridgehead atoms. The van der Waals surface area contributed by atoms with Gasteiger partial charge in [0.05, 0.1) is 11.0 Å². The van der Waals surface area contributed by atoms with E-state index >= 15 is 0 Å². The van der Waals surface area contributed by atoms with Crippen molar-refractivity contribution in [3.8, 4) is 5.75 Å². The number of hydrogen-bond donors (Lipinski definition) is 1. The number of benzene rings is 3. The SMILES string of the molecule is O=C1NC(c2cccc([N+](=O)[O-])c2)c2c(ccc3ccccc23)O1. The highest BCUT2D eigenvalue weighted by Gasteiger charge is 2.30. The van der Waals surface area contributed by atoms with E-state index in [1.54, 1.807) is 18.2 Å². The smallest absolute Gasteiger partial charge is 0.410 e. The summed E-state index contributed by atoms with van der Waals surface area (Å²) in [6.45, 7) is 0. The van der Waals surface area contributed by atoms with Crippen LogP contribution in [0.25, 0.3) is 10.8 Å². The van der Waals surface area contributed by atoms with Crippen LogP contribution in [0.15, 0.2) is 60.7 Å². The van der Waals surface area contributed by atoms with Gasteiger partial charge in [0.1, 0.15) is 5.75 Å². The van der Waals surface area contributed by atoms with Crippen LogP contribution in [-0.4, -0.2) is 11.0 Å². The lowest BCUT2D eigenvalue weighted by atomic mass is 9.92. The summed E-state index contributed by atoms with van der Waals surface area (Å²) in [5, 5.41) is 15.8. The van der Waals surface area contributed by atoms with Crippen LogP contribution < -0.4 is 10.1 Å². The summed E-state index contributed by atoms with van der Waals surface area (Å²) in [4.78, 5) is 22.5. The van der Waals surface area contributed by atoms with Crippen LogP contribution in [0.3, 0.4) is 0 Å². The van der Waals surface area contributed by atoms with Crippen molar-refractivity contribution >= 4 is 22.6 Å². The molecule has 1 atom stereocenters. The Bertz CT molecular complexity index is 984. The van der Waals surface area contributed by atoms with E-state index in [1.165, 1.54) is 12.1 Å². The Morgan fingerprint density at radius 2 is 1.88 bits per heavy atom. The molecule has 6 nitrogen and oxygen atoms in total.